The molecule has 1 aromatic carbocycles. The zero-order valence-electron chi connectivity index (χ0n) is 9.93. The van der Waals surface area contributed by atoms with Gasteiger partial charge in [0.05, 0.1) is 6.61 Å². The van der Waals surface area contributed by atoms with Crippen molar-refractivity contribution in [3.8, 4) is 11.5 Å². The summed E-state index contributed by atoms with van der Waals surface area (Å²) in [7, 11) is 0. The molecule has 0 saturated carbocycles. The van der Waals surface area contributed by atoms with E-state index in [0.717, 1.165) is 0 Å². The van der Waals surface area contributed by atoms with E-state index in [1.54, 1.807) is 18.2 Å². The van der Waals surface area contributed by atoms with Crippen molar-refractivity contribution in [2.24, 2.45) is 5.73 Å². The van der Waals surface area contributed by atoms with Gasteiger partial charge in [0, 0.05) is 18.2 Å². The van der Waals surface area contributed by atoms with Gasteiger partial charge in [-0.15, -0.1) is 12.4 Å². The number of aliphatic hydroxyl groups excluding tert-OH is 1. The van der Waals surface area contributed by atoms with E-state index in [-0.39, 0.29) is 30.8 Å². The first-order chi connectivity index (χ1) is 7.70. The van der Waals surface area contributed by atoms with Crippen molar-refractivity contribution in [1.29, 1.82) is 0 Å². The number of halogens is 1. The number of phenols is 1. The van der Waals surface area contributed by atoms with Gasteiger partial charge in [-0.25, -0.2) is 0 Å². The summed E-state index contributed by atoms with van der Waals surface area (Å²) in [5.74, 6) is 0.564. The molecule has 1 aromatic rings. The maximum atomic E-state index is 9.92. The molecule has 0 aliphatic heterocycles. The van der Waals surface area contributed by atoms with Gasteiger partial charge >= 0.3 is 0 Å². The standard InChI is InChI=1S/C12H19NO3.ClH/c1-2-16-11-7-3-5-9(12(11)15)10(13)6-4-8-14;/h3,5,7,10,14-15H,2,4,6,8,13H2,1H3;1H/t10-;/m1./s1. The molecule has 0 spiro atoms. The van der Waals surface area contributed by atoms with E-state index in [1.807, 2.05) is 6.92 Å². The minimum atomic E-state index is -0.271. The normalized spacial score (nSPS) is 11.7. The van der Waals surface area contributed by atoms with Crippen LogP contribution in [0.15, 0.2) is 18.2 Å². The highest BCUT2D eigenvalue weighted by molar-refractivity contribution is 5.85. The summed E-state index contributed by atoms with van der Waals surface area (Å²) in [4.78, 5) is 0. The first kappa shape index (κ1) is 16.0. The van der Waals surface area contributed by atoms with Crippen LogP contribution in [-0.2, 0) is 0 Å². The number of phenolic OH excluding ortho intramolecular Hbond substituents is 1. The highest BCUT2D eigenvalue weighted by Gasteiger charge is 2.13. The van der Waals surface area contributed by atoms with Crippen LogP contribution in [0.5, 0.6) is 11.5 Å². The lowest BCUT2D eigenvalue weighted by atomic mass is 10.0. The summed E-state index contributed by atoms with van der Waals surface area (Å²) in [6.07, 6.45) is 1.26. The maximum Gasteiger partial charge on any atom is 0.162 e. The molecule has 0 bridgehead atoms. The Kier molecular flexibility index (Phi) is 7.70. The van der Waals surface area contributed by atoms with Gasteiger partial charge in [0.25, 0.3) is 0 Å². The van der Waals surface area contributed by atoms with Crippen molar-refractivity contribution >= 4 is 12.4 Å². The SMILES string of the molecule is CCOc1cccc([C@H](N)CCCO)c1O.Cl. The minimum absolute atomic E-state index is 0. The number of aliphatic hydroxyl groups is 1. The lowest BCUT2D eigenvalue weighted by Gasteiger charge is -2.15. The number of hydrogen-bond acceptors (Lipinski definition) is 4. The second-order valence-electron chi connectivity index (χ2n) is 3.60. The number of rotatable bonds is 6. The molecule has 4 nitrogen and oxygen atoms in total. The molecular weight excluding hydrogens is 242 g/mol. The molecule has 4 N–H and O–H groups in total. The van der Waals surface area contributed by atoms with E-state index < -0.39 is 0 Å². The highest BCUT2D eigenvalue weighted by Crippen LogP contribution is 2.34. The van der Waals surface area contributed by atoms with Crippen LogP contribution < -0.4 is 10.5 Å². The monoisotopic (exact) mass is 261 g/mol. The van der Waals surface area contributed by atoms with Crippen molar-refractivity contribution in [3.05, 3.63) is 23.8 Å². The topological polar surface area (TPSA) is 75.7 Å². The Hall–Kier alpha value is -0.970. The van der Waals surface area contributed by atoms with E-state index in [2.05, 4.69) is 0 Å². The van der Waals surface area contributed by atoms with Crippen LogP contribution in [-0.4, -0.2) is 23.4 Å². The van der Waals surface area contributed by atoms with Crippen molar-refractivity contribution in [2.75, 3.05) is 13.2 Å². The summed E-state index contributed by atoms with van der Waals surface area (Å²) in [5, 5.41) is 18.6. The van der Waals surface area contributed by atoms with Crippen molar-refractivity contribution in [2.45, 2.75) is 25.8 Å². The predicted octanol–water partition coefficient (Wildman–Crippen LogP) is 1.99. The molecule has 0 aliphatic carbocycles. The summed E-state index contributed by atoms with van der Waals surface area (Å²) >= 11 is 0. The molecule has 17 heavy (non-hydrogen) atoms. The highest BCUT2D eigenvalue weighted by atomic mass is 35.5. The molecule has 0 amide bonds. The quantitative estimate of drug-likeness (QED) is 0.732. The maximum absolute atomic E-state index is 9.92. The fourth-order valence-electron chi connectivity index (χ4n) is 1.58. The second-order valence-corrected chi connectivity index (χ2v) is 3.60. The molecular formula is C12H20ClNO3. The summed E-state index contributed by atoms with van der Waals surface area (Å²) in [6, 6.07) is 5.02. The van der Waals surface area contributed by atoms with Gasteiger partial charge in [0.2, 0.25) is 0 Å². The van der Waals surface area contributed by atoms with E-state index >= 15 is 0 Å². The van der Waals surface area contributed by atoms with Gasteiger partial charge in [-0.2, -0.15) is 0 Å². The van der Waals surface area contributed by atoms with E-state index in [4.69, 9.17) is 15.6 Å². The fraction of sp³-hybridized carbons (Fsp3) is 0.500. The van der Waals surface area contributed by atoms with Gasteiger partial charge in [0.15, 0.2) is 11.5 Å². The minimum Gasteiger partial charge on any atom is -0.504 e. The fourth-order valence-corrected chi connectivity index (χ4v) is 1.58. The number of ether oxygens (including phenoxy) is 1. The van der Waals surface area contributed by atoms with Crippen molar-refractivity contribution < 1.29 is 14.9 Å². The summed E-state index contributed by atoms with van der Waals surface area (Å²) in [6.45, 7) is 2.47. The third kappa shape index (κ3) is 4.42. The Bertz CT molecular complexity index is 334. The molecule has 1 rings (SSSR count). The number of para-hydroxylation sites is 1. The number of nitrogens with two attached hydrogens (primary N) is 1. The van der Waals surface area contributed by atoms with E-state index in [9.17, 15) is 5.11 Å². The predicted molar refractivity (Wildman–Crippen MR) is 69.8 cm³/mol. The van der Waals surface area contributed by atoms with Gasteiger partial charge in [0.1, 0.15) is 0 Å². The van der Waals surface area contributed by atoms with E-state index in [1.165, 1.54) is 0 Å². The van der Waals surface area contributed by atoms with Crippen LogP contribution in [0.3, 0.4) is 0 Å². The summed E-state index contributed by atoms with van der Waals surface area (Å²) < 4.78 is 5.28. The molecule has 0 saturated heterocycles. The molecule has 5 heteroatoms. The number of benzene rings is 1. The Balaban J connectivity index is 0.00000256. The molecule has 0 radical (unpaired) electrons. The second kappa shape index (κ2) is 8.17. The van der Waals surface area contributed by atoms with Crippen molar-refractivity contribution in [3.63, 3.8) is 0 Å². The van der Waals surface area contributed by atoms with Crippen molar-refractivity contribution in [1.82, 2.24) is 0 Å². The van der Waals surface area contributed by atoms with E-state index in [0.29, 0.717) is 30.8 Å². The zero-order chi connectivity index (χ0) is 12.0. The Morgan fingerprint density at radius 2 is 2.12 bits per heavy atom. The third-order valence-corrected chi connectivity index (χ3v) is 2.40. The lowest BCUT2D eigenvalue weighted by molar-refractivity contribution is 0.278. The Morgan fingerprint density at radius 1 is 1.41 bits per heavy atom. The zero-order valence-corrected chi connectivity index (χ0v) is 10.7. The summed E-state index contributed by atoms with van der Waals surface area (Å²) in [5.41, 5.74) is 6.59. The van der Waals surface area contributed by atoms with Gasteiger partial charge in [-0.3, -0.25) is 0 Å². The molecule has 0 heterocycles. The van der Waals surface area contributed by atoms with Crippen LogP contribution in [0.25, 0.3) is 0 Å². The first-order valence-corrected chi connectivity index (χ1v) is 5.51. The molecule has 0 unspecified atom stereocenters. The first-order valence-electron chi connectivity index (χ1n) is 5.51. The molecule has 0 fully saturated rings. The molecule has 98 valence electrons. The van der Waals surface area contributed by atoms with Gasteiger partial charge < -0.3 is 20.7 Å². The van der Waals surface area contributed by atoms with Crippen LogP contribution in [0.2, 0.25) is 0 Å². The van der Waals surface area contributed by atoms with Crippen LogP contribution in [0, 0.1) is 0 Å². The van der Waals surface area contributed by atoms with Gasteiger partial charge in [-0.05, 0) is 25.8 Å². The van der Waals surface area contributed by atoms with Crippen LogP contribution in [0.4, 0.5) is 0 Å². The third-order valence-electron chi connectivity index (χ3n) is 2.40. The van der Waals surface area contributed by atoms with Gasteiger partial charge in [-0.1, -0.05) is 12.1 Å². The number of hydrogen-bond donors (Lipinski definition) is 3. The number of aromatic hydroxyl groups is 1. The molecule has 0 aliphatic rings. The van der Waals surface area contributed by atoms with Crippen LogP contribution >= 0.6 is 12.4 Å². The average Bonchev–Trinajstić information content (AvgIpc) is 2.29. The van der Waals surface area contributed by atoms with Crippen LogP contribution in [0.1, 0.15) is 31.4 Å². The molecule has 1 atom stereocenters. The smallest absolute Gasteiger partial charge is 0.162 e. The average molecular weight is 262 g/mol. The lowest BCUT2D eigenvalue weighted by Crippen LogP contribution is -2.11. The Labute approximate surface area is 108 Å². The largest absolute Gasteiger partial charge is 0.504 e. The Morgan fingerprint density at radius 3 is 2.71 bits per heavy atom. The molecule has 0 aromatic heterocycles.